The number of carboxylic acid groups (broad SMARTS) is 2. The molecule has 2 aliphatic rings. The number of benzene rings is 2. The number of rotatable bonds is 10. The van der Waals surface area contributed by atoms with Gasteiger partial charge in [0.05, 0.1) is 21.3 Å². The topological polar surface area (TPSA) is 143 Å². The van der Waals surface area contributed by atoms with Gasteiger partial charge in [0.15, 0.2) is 19.7 Å². The lowest BCUT2D eigenvalue weighted by Crippen LogP contribution is -2.10. The third-order valence-corrected chi connectivity index (χ3v) is 10.9. The molecule has 2 aromatic rings. The first-order chi connectivity index (χ1) is 23.9. The van der Waals surface area contributed by atoms with Crippen molar-refractivity contribution < 1.29 is 36.6 Å². The van der Waals surface area contributed by atoms with Gasteiger partial charge in [-0.1, -0.05) is 115 Å². The molecule has 0 amide bonds. The monoisotopic (exact) mass is 744 g/mol. The summed E-state index contributed by atoms with van der Waals surface area (Å²) in [5.74, 6) is -1.20. The molecule has 2 aliphatic carbocycles. The Kier molecular flexibility index (Phi) is 33.6. The van der Waals surface area contributed by atoms with Crippen LogP contribution in [0.1, 0.15) is 145 Å². The Labute approximate surface area is 307 Å². The van der Waals surface area contributed by atoms with Crippen LogP contribution < -0.4 is 0 Å². The standard InChI is InChI=1S/2C14H18O4S.6C2H6/c1-2-6-19(17,18)13-5-3-4-11-7-10(8-12(11)13)9-14(15)16;1-2-5-19(17,18)13-4-3-11-6-10(8-14(15)16)7-12(11)9-13;6*1-2/h3-5,10H,2,6-9H2,1H3,(H,15,16);3-4,9-10H,2,5-8H2,1H3,(H,15,16);6*1-2H3. The summed E-state index contributed by atoms with van der Waals surface area (Å²) in [4.78, 5) is 22.3. The number of fused-ring (bicyclic) bond motifs is 2. The molecular formula is C40H72O8S2. The zero-order valence-electron chi connectivity index (χ0n) is 33.9. The summed E-state index contributed by atoms with van der Waals surface area (Å²) in [6.07, 6.45) is 4.05. The van der Waals surface area contributed by atoms with Crippen LogP contribution in [-0.2, 0) is 54.9 Å². The maximum Gasteiger partial charge on any atom is 0.303 e. The number of carboxylic acids is 2. The Morgan fingerprint density at radius 3 is 1.46 bits per heavy atom. The molecule has 4 rings (SSSR count). The van der Waals surface area contributed by atoms with Gasteiger partial charge in [0.1, 0.15) is 0 Å². The maximum atomic E-state index is 12.2. The molecule has 0 radical (unpaired) electrons. The zero-order chi connectivity index (χ0) is 40.1. The summed E-state index contributed by atoms with van der Waals surface area (Å²) in [5.41, 5.74) is 3.90. The van der Waals surface area contributed by atoms with E-state index in [0.717, 1.165) is 28.7 Å². The number of hydrogen-bond donors (Lipinski definition) is 2. The Morgan fingerprint density at radius 1 is 0.580 bits per heavy atom. The number of carbonyl (C=O) groups is 2. The van der Waals surface area contributed by atoms with Crippen LogP contribution in [-0.4, -0.2) is 50.5 Å². The fourth-order valence-electron chi connectivity index (χ4n) is 5.42. The summed E-state index contributed by atoms with van der Waals surface area (Å²) in [5, 5.41) is 17.7. The highest BCUT2D eigenvalue weighted by molar-refractivity contribution is 7.91. The predicted molar refractivity (Wildman–Crippen MR) is 212 cm³/mol. The lowest BCUT2D eigenvalue weighted by atomic mass is 10.0. The minimum absolute atomic E-state index is 0.0190. The molecule has 2 unspecified atom stereocenters. The quantitative estimate of drug-likeness (QED) is 0.245. The molecular weight excluding hydrogens is 673 g/mol. The third kappa shape index (κ3) is 19.0. The van der Waals surface area contributed by atoms with Crippen LogP contribution in [0.2, 0.25) is 0 Å². The molecule has 0 aromatic heterocycles. The summed E-state index contributed by atoms with van der Waals surface area (Å²) in [7, 11) is -6.42. The van der Waals surface area contributed by atoms with Crippen LogP contribution in [0, 0.1) is 11.8 Å². The van der Waals surface area contributed by atoms with Gasteiger partial charge >= 0.3 is 11.9 Å². The molecule has 0 saturated carbocycles. The van der Waals surface area contributed by atoms with E-state index in [9.17, 15) is 26.4 Å². The predicted octanol–water partition coefficient (Wildman–Crippen LogP) is 10.3. The van der Waals surface area contributed by atoms with Gasteiger partial charge in [-0.05, 0) is 90.8 Å². The molecule has 0 heterocycles. The molecule has 0 bridgehead atoms. The summed E-state index contributed by atoms with van der Waals surface area (Å²) >= 11 is 0. The van der Waals surface area contributed by atoms with Gasteiger partial charge < -0.3 is 10.2 Å². The van der Waals surface area contributed by atoms with Gasteiger partial charge in [-0.15, -0.1) is 0 Å². The van der Waals surface area contributed by atoms with E-state index in [2.05, 4.69) is 0 Å². The van der Waals surface area contributed by atoms with Crippen molar-refractivity contribution in [2.45, 2.75) is 158 Å². The summed E-state index contributed by atoms with van der Waals surface area (Å²) < 4.78 is 48.4. The van der Waals surface area contributed by atoms with Crippen LogP contribution in [0.5, 0.6) is 0 Å². The molecule has 2 atom stereocenters. The highest BCUT2D eigenvalue weighted by atomic mass is 32.2. The second-order valence-electron chi connectivity index (χ2n) is 10.2. The third-order valence-electron chi connectivity index (χ3n) is 6.99. The molecule has 8 nitrogen and oxygen atoms in total. The van der Waals surface area contributed by atoms with E-state index >= 15 is 0 Å². The van der Waals surface area contributed by atoms with Crippen molar-refractivity contribution in [3.8, 4) is 0 Å². The van der Waals surface area contributed by atoms with Gasteiger partial charge in [-0.25, -0.2) is 16.8 Å². The van der Waals surface area contributed by atoms with Gasteiger partial charge in [0.2, 0.25) is 0 Å². The Bertz CT molecular complexity index is 1400. The molecule has 0 spiro atoms. The fraction of sp³-hybridized carbons (Fsp3) is 0.650. The van der Waals surface area contributed by atoms with Crippen molar-refractivity contribution in [1.82, 2.24) is 0 Å². The van der Waals surface area contributed by atoms with Crippen molar-refractivity contribution in [3.05, 3.63) is 58.7 Å². The van der Waals surface area contributed by atoms with Gasteiger partial charge in [-0.3, -0.25) is 9.59 Å². The van der Waals surface area contributed by atoms with Crippen molar-refractivity contribution in [2.75, 3.05) is 11.5 Å². The van der Waals surface area contributed by atoms with E-state index in [1.165, 1.54) is 0 Å². The average molecular weight is 745 g/mol. The summed E-state index contributed by atoms with van der Waals surface area (Å²) in [6.45, 7) is 27.7. The Morgan fingerprint density at radius 2 is 1.00 bits per heavy atom. The largest absolute Gasteiger partial charge is 0.481 e. The number of sulfone groups is 2. The van der Waals surface area contributed by atoms with Crippen LogP contribution in [0.4, 0.5) is 0 Å². The first-order valence-corrected chi connectivity index (χ1v) is 22.3. The maximum absolute atomic E-state index is 12.2. The van der Waals surface area contributed by atoms with E-state index in [0.29, 0.717) is 41.9 Å². The van der Waals surface area contributed by atoms with E-state index in [1.54, 1.807) is 24.3 Å². The molecule has 0 fully saturated rings. The van der Waals surface area contributed by atoms with E-state index in [4.69, 9.17) is 10.2 Å². The zero-order valence-corrected chi connectivity index (χ0v) is 35.5. The molecule has 50 heavy (non-hydrogen) atoms. The molecule has 0 aliphatic heterocycles. The summed E-state index contributed by atoms with van der Waals surface area (Å²) in [6, 6.07) is 10.5. The van der Waals surface area contributed by atoms with Crippen LogP contribution in [0.3, 0.4) is 0 Å². The van der Waals surface area contributed by atoms with E-state index in [-0.39, 0.29) is 36.2 Å². The minimum Gasteiger partial charge on any atom is -0.481 e. The van der Waals surface area contributed by atoms with Crippen LogP contribution in [0.25, 0.3) is 0 Å². The molecule has 2 N–H and O–H groups in total. The first-order valence-electron chi connectivity index (χ1n) is 19.0. The number of aliphatic carboxylic acids is 2. The van der Waals surface area contributed by atoms with Crippen LogP contribution in [0.15, 0.2) is 46.2 Å². The van der Waals surface area contributed by atoms with E-state index < -0.39 is 31.6 Å². The molecule has 2 aromatic carbocycles. The van der Waals surface area contributed by atoms with Crippen molar-refractivity contribution >= 4 is 31.6 Å². The van der Waals surface area contributed by atoms with Crippen molar-refractivity contribution in [3.63, 3.8) is 0 Å². The smallest absolute Gasteiger partial charge is 0.303 e. The van der Waals surface area contributed by atoms with Crippen LogP contribution >= 0.6 is 0 Å². The van der Waals surface area contributed by atoms with Gasteiger partial charge in [0.25, 0.3) is 0 Å². The number of hydrogen-bond acceptors (Lipinski definition) is 6. The molecule has 10 heteroatoms. The second-order valence-corrected chi connectivity index (χ2v) is 14.4. The normalized spacial score (nSPS) is 14.6. The Balaban J connectivity index is -0.000000326. The first kappa shape index (κ1) is 54.1. The SMILES string of the molecule is CC.CC.CC.CC.CC.CC.CCCS(=O)(=O)c1ccc2c(c1)CC(CC(=O)O)C2.CCCS(=O)(=O)c1cccc2c1CC(CC(=O)O)C2. The lowest BCUT2D eigenvalue weighted by Gasteiger charge is -2.09. The second kappa shape index (κ2) is 31.1. The van der Waals surface area contributed by atoms with Gasteiger partial charge in [-0.2, -0.15) is 0 Å². The fourth-order valence-corrected chi connectivity index (χ4v) is 8.43. The van der Waals surface area contributed by atoms with Crippen molar-refractivity contribution in [1.29, 1.82) is 0 Å². The lowest BCUT2D eigenvalue weighted by molar-refractivity contribution is -0.139. The Hall–Kier alpha value is -2.72. The minimum atomic E-state index is -3.23. The average Bonchev–Trinajstić information content (AvgIpc) is 3.72. The highest BCUT2D eigenvalue weighted by Gasteiger charge is 2.29. The van der Waals surface area contributed by atoms with E-state index in [1.807, 2.05) is 109 Å². The van der Waals surface area contributed by atoms with Gasteiger partial charge in [0, 0.05) is 12.8 Å². The molecule has 292 valence electrons. The van der Waals surface area contributed by atoms with Crippen molar-refractivity contribution in [2.24, 2.45) is 11.8 Å². The molecule has 0 saturated heterocycles. The highest BCUT2D eigenvalue weighted by Crippen LogP contribution is 2.34.